The van der Waals surface area contributed by atoms with Crippen LogP contribution in [0.25, 0.3) is 0 Å². The quantitative estimate of drug-likeness (QED) is 0.577. The molecule has 6 heteroatoms. The molecule has 0 aliphatic rings. The average molecular weight is 403 g/mol. The second-order valence-electron chi connectivity index (χ2n) is 6.73. The van der Waals surface area contributed by atoms with Crippen LogP contribution in [0.3, 0.4) is 0 Å². The Morgan fingerprint density at radius 1 is 0.800 bits per heavy atom. The lowest BCUT2D eigenvalue weighted by Gasteiger charge is -2.23. The number of rotatable bonds is 8. The molecule has 154 valence electrons. The third kappa shape index (κ3) is 6.18. The molecular formula is C24H25N3O3. The largest absolute Gasteiger partial charge is 0.383 e. The van der Waals surface area contributed by atoms with E-state index in [-0.39, 0.29) is 11.9 Å². The van der Waals surface area contributed by atoms with Gasteiger partial charge in [-0.1, -0.05) is 48.5 Å². The Balaban J connectivity index is 1.63. The standard InChI is InChI=1S/C24H25N3O3/c1-30-17-16-27(18-19-8-4-2-5-9-19)23(28)20-12-14-22(15-13-20)26-24(29)25-21-10-6-3-7-11-21/h2-15H,16-18H2,1H3,(H2,25,26,29). The summed E-state index contributed by atoms with van der Waals surface area (Å²) < 4.78 is 5.16. The summed E-state index contributed by atoms with van der Waals surface area (Å²) in [5, 5.41) is 5.52. The lowest BCUT2D eigenvalue weighted by atomic mass is 10.1. The Bertz CT molecular complexity index is 944. The maximum Gasteiger partial charge on any atom is 0.323 e. The van der Waals surface area contributed by atoms with Gasteiger partial charge in [0, 0.05) is 37.1 Å². The zero-order valence-corrected chi connectivity index (χ0v) is 16.9. The van der Waals surface area contributed by atoms with E-state index in [0.29, 0.717) is 36.6 Å². The van der Waals surface area contributed by atoms with E-state index < -0.39 is 0 Å². The van der Waals surface area contributed by atoms with Gasteiger partial charge in [-0.05, 0) is 42.0 Å². The van der Waals surface area contributed by atoms with Gasteiger partial charge >= 0.3 is 6.03 Å². The van der Waals surface area contributed by atoms with Crippen molar-refractivity contribution in [1.82, 2.24) is 4.90 Å². The second kappa shape index (κ2) is 10.8. The van der Waals surface area contributed by atoms with Crippen LogP contribution < -0.4 is 10.6 Å². The van der Waals surface area contributed by atoms with E-state index >= 15 is 0 Å². The number of urea groups is 1. The van der Waals surface area contributed by atoms with Gasteiger partial charge in [0.1, 0.15) is 0 Å². The Kier molecular flexibility index (Phi) is 7.58. The maximum atomic E-state index is 13.0. The average Bonchev–Trinajstić information content (AvgIpc) is 2.78. The van der Waals surface area contributed by atoms with Crippen LogP contribution in [0.15, 0.2) is 84.9 Å². The number of carbonyl (C=O) groups is 2. The summed E-state index contributed by atoms with van der Waals surface area (Å²) >= 11 is 0. The van der Waals surface area contributed by atoms with Gasteiger partial charge < -0.3 is 20.3 Å². The monoisotopic (exact) mass is 403 g/mol. The number of anilines is 2. The Hall–Kier alpha value is -3.64. The zero-order valence-electron chi connectivity index (χ0n) is 16.9. The van der Waals surface area contributed by atoms with Crippen LogP contribution in [0.2, 0.25) is 0 Å². The summed E-state index contributed by atoms with van der Waals surface area (Å²) in [5.74, 6) is -0.0869. The topological polar surface area (TPSA) is 70.7 Å². The van der Waals surface area contributed by atoms with E-state index in [1.807, 2.05) is 60.7 Å². The van der Waals surface area contributed by atoms with Crippen LogP contribution in [0.1, 0.15) is 15.9 Å². The molecule has 0 heterocycles. The van der Waals surface area contributed by atoms with Crippen molar-refractivity contribution >= 4 is 23.3 Å². The molecule has 0 fully saturated rings. The van der Waals surface area contributed by atoms with E-state index in [9.17, 15) is 9.59 Å². The smallest absolute Gasteiger partial charge is 0.323 e. The number of benzene rings is 3. The van der Waals surface area contributed by atoms with Gasteiger partial charge in [-0.25, -0.2) is 4.79 Å². The van der Waals surface area contributed by atoms with Crippen LogP contribution in [0, 0.1) is 0 Å². The molecule has 0 saturated carbocycles. The van der Waals surface area contributed by atoms with Gasteiger partial charge in [0.25, 0.3) is 5.91 Å². The summed E-state index contributed by atoms with van der Waals surface area (Å²) in [6.07, 6.45) is 0. The van der Waals surface area contributed by atoms with Gasteiger partial charge in [-0.15, -0.1) is 0 Å². The van der Waals surface area contributed by atoms with Gasteiger partial charge in [0.05, 0.1) is 6.61 Å². The highest BCUT2D eigenvalue weighted by Gasteiger charge is 2.16. The van der Waals surface area contributed by atoms with E-state index in [1.54, 1.807) is 36.3 Å². The first-order valence-electron chi connectivity index (χ1n) is 9.71. The fraction of sp³-hybridized carbons (Fsp3) is 0.167. The number of nitrogens with one attached hydrogen (secondary N) is 2. The molecule has 3 amide bonds. The fourth-order valence-corrected chi connectivity index (χ4v) is 2.95. The van der Waals surface area contributed by atoms with Crippen molar-refractivity contribution in [2.45, 2.75) is 6.54 Å². The van der Waals surface area contributed by atoms with Gasteiger partial charge in [-0.2, -0.15) is 0 Å². The molecule has 0 unspecified atom stereocenters. The van der Waals surface area contributed by atoms with Crippen LogP contribution in [0.4, 0.5) is 16.2 Å². The molecule has 0 radical (unpaired) electrons. The highest BCUT2D eigenvalue weighted by molar-refractivity contribution is 6.00. The number of nitrogens with zero attached hydrogens (tertiary/aromatic N) is 1. The first kappa shape index (κ1) is 21.1. The Labute approximate surface area is 176 Å². The Morgan fingerprint density at radius 2 is 1.37 bits per heavy atom. The van der Waals surface area contributed by atoms with Crippen LogP contribution in [-0.2, 0) is 11.3 Å². The molecule has 0 aromatic heterocycles. The molecule has 6 nitrogen and oxygen atoms in total. The number of ether oxygens (including phenoxy) is 1. The van der Waals surface area contributed by atoms with Crippen molar-refractivity contribution in [1.29, 1.82) is 0 Å². The van der Waals surface area contributed by atoms with E-state index in [4.69, 9.17) is 4.74 Å². The fourth-order valence-electron chi connectivity index (χ4n) is 2.95. The molecule has 0 saturated heterocycles. The normalized spacial score (nSPS) is 10.3. The van der Waals surface area contributed by atoms with Crippen LogP contribution in [0.5, 0.6) is 0 Å². The van der Waals surface area contributed by atoms with Crippen molar-refractivity contribution in [2.75, 3.05) is 30.9 Å². The number of amides is 3. The van der Waals surface area contributed by atoms with Crippen molar-refractivity contribution in [3.8, 4) is 0 Å². The summed E-state index contributed by atoms with van der Waals surface area (Å²) in [6, 6.07) is 25.6. The lowest BCUT2D eigenvalue weighted by Crippen LogP contribution is -2.33. The molecule has 2 N–H and O–H groups in total. The van der Waals surface area contributed by atoms with Crippen molar-refractivity contribution in [2.24, 2.45) is 0 Å². The minimum absolute atomic E-state index is 0.0869. The van der Waals surface area contributed by atoms with Gasteiger partial charge in [-0.3, -0.25) is 4.79 Å². The predicted octanol–water partition coefficient (Wildman–Crippen LogP) is 4.62. The van der Waals surface area contributed by atoms with E-state index in [0.717, 1.165) is 5.56 Å². The highest BCUT2D eigenvalue weighted by atomic mass is 16.5. The van der Waals surface area contributed by atoms with Crippen LogP contribution >= 0.6 is 0 Å². The minimum atomic E-state index is -0.342. The van der Waals surface area contributed by atoms with Crippen molar-refractivity contribution in [3.05, 3.63) is 96.1 Å². The molecule has 3 aromatic carbocycles. The molecule has 0 atom stereocenters. The molecule has 0 aliphatic heterocycles. The molecule has 0 spiro atoms. The molecule has 0 bridgehead atoms. The summed E-state index contributed by atoms with van der Waals surface area (Å²) in [6.45, 7) is 1.45. The summed E-state index contributed by atoms with van der Waals surface area (Å²) in [7, 11) is 1.62. The second-order valence-corrected chi connectivity index (χ2v) is 6.73. The lowest BCUT2D eigenvalue weighted by molar-refractivity contribution is 0.0680. The number of hydrogen-bond donors (Lipinski definition) is 2. The summed E-state index contributed by atoms with van der Waals surface area (Å²) in [5.41, 5.74) is 2.91. The predicted molar refractivity (Wildman–Crippen MR) is 119 cm³/mol. The van der Waals surface area contributed by atoms with Gasteiger partial charge in [0.15, 0.2) is 0 Å². The first-order chi connectivity index (χ1) is 14.7. The first-order valence-corrected chi connectivity index (χ1v) is 9.71. The molecule has 30 heavy (non-hydrogen) atoms. The SMILES string of the molecule is COCCN(Cc1ccccc1)C(=O)c1ccc(NC(=O)Nc2ccccc2)cc1. The zero-order chi connectivity index (χ0) is 21.2. The van der Waals surface area contributed by atoms with E-state index in [1.165, 1.54) is 0 Å². The molecule has 0 aliphatic carbocycles. The van der Waals surface area contributed by atoms with E-state index in [2.05, 4.69) is 10.6 Å². The highest BCUT2D eigenvalue weighted by Crippen LogP contribution is 2.15. The van der Waals surface area contributed by atoms with Gasteiger partial charge in [0.2, 0.25) is 0 Å². The van der Waals surface area contributed by atoms with Crippen LogP contribution in [-0.4, -0.2) is 37.1 Å². The number of para-hydroxylation sites is 1. The van der Waals surface area contributed by atoms with Crippen molar-refractivity contribution < 1.29 is 14.3 Å². The molecule has 3 aromatic rings. The number of carbonyl (C=O) groups excluding carboxylic acids is 2. The third-order valence-electron chi connectivity index (χ3n) is 4.49. The molecule has 3 rings (SSSR count). The third-order valence-corrected chi connectivity index (χ3v) is 4.49. The maximum absolute atomic E-state index is 13.0. The minimum Gasteiger partial charge on any atom is -0.383 e. The number of methoxy groups -OCH3 is 1. The van der Waals surface area contributed by atoms with Crippen molar-refractivity contribution in [3.63, 3.8) is 0 Å². The number of hydrogen-bond acceptors (Lipinski definition) is 3. The summed E-state index contributed by atoms with van der Waals surface area (Å²) in [4.78, 5) is 26.9. The Morgan fingerprint density at radius 3 is 1.97 bits per heavy atom. The molecular weight excluding hydrogens is 378 g/mol.